The Labute approximate surface area is 715 Å². The number of anilines is 2. The zero-order valence-corrected chi connectivity index (χ0v) is 72.8. The number of phosphoric acid groups is 2. The number of carbonyl (C=O) groups is 16. The summed E-state index contributed by atoms with van der Waals surface area (Å²) in [4.78, 5) is 243. The van der Waals surface area contributed by atoms with Crippen LogP contribution in [-0.4, -0.2) is 349 Å². The number of aliphatic carboxylic acids is 1. The lowest BCUT2D eigenvalue weighted by atomic mass is 9.44. The van der Waals surface area contributed by atoms with E-state index in [9.17, 15) is 95.9 Å². The van der Waals surface area contributed by atoms with Crippen molar-refractivity contribution in [1.29, 1.82) is 0 Å². The average molecular weight is 1800 g/mol. The number of thiophene rings is 1. The molecule has 13 amide bonds. The number of allylic oxidation sites excluding steroid dienone is 4. The van der Waals surface area contributed by atoms with Gasteiger partial charge < -0.3 is 89.5 Å². The first-order chi connectivity index (χ1) is 57.8. The van der Waals surface area contributed by atoms with Gasteiger partial charge in [0.2, 0.25) is 59.1 Å². The number of nitrogens with one attached hydrogen (secondary N) is 1. The molecular formula is C79H101F2N13O27P2S. The summed E-state index contributed by atoms with van der Waals surface area (Å²) in [5.74, 6) is -14.8. The second-order valence-electron chi connectivity index (χ2n) is 32.0. The molecule has 6 aliphatic rings. The van der Waals surface area contributed by atoms with Crippen molar-refractivity contribution >= 4 is 133 Å². The Morgan fingerprint density at radius 2 is 1.11 bits per heavy atom. The lowest BCUT2D eigenvalue weighted by molar-refractivity contribution is -0.234. The third kappa shape index (κ3) is 21.8. The number of halogens is 2. The fraction of sp³-hybridized carbons (Fsp3) is 0.519. The summed E-state index contributed by atoms with van der Waals surface area (Å²) in [5, 5.41) is 23.5. The monoisotopic (exact) mass is 1800 g/mol. The van der Waals surface area contributed by atoms with Crippen LogP contribution in [0.2, 0.25) is 0 Å². The molecular weight excluding hydrogens is 1690 g/mol. The fourth-order valence-electron chi connectivity index (χ4n) is 16.2. The van der Waals surface area contributed by atoms with E-state index in [1.807, 2.05) is 12.1 Å². The van der Waals surface area contributed by atoms with Crippen LogP contribution >= 0.6 is 27.0 Å². The SMILES string of the molecule is CN(CC(=O)O)C(=O)CN(C)C(=O)CN(C)C(=O)CN(C)C(=O)CN(C)C(=O)CN(C)C(=O)CN(C)C(=O)CN(C)C(=O)CN(C)C(=O)CN(C)C(=O)c1cc(N2C(=O)C=CC2=O)ccc1CCC(=O)NCCOP(=O)(O)OP(=O)(O)OCC(=O)[C@@]12O[C@H](c3ccc(Cc4cccc(N)c4)s3)O[C@@H]1C[C@H]1[C@@H]3C[C@H](F)C4=CC(=O)C=C[C@]4(C)[C@@]3(F)[C@@H](O)C[C@@]12C. The summed E-state index contributed by atoms with van der Waals surface area (Å²) in [6.45, 7) is -5.54. The zero-order valence-electron chi connectivity index (χ0n) is 70.2. The maximum absolute atomic E-state index is 18.3. The maximum atomic E-state index is 18.3. The minimum Gasteiger partial charge on any atom is -0.480 e. The van der Waals surface area contributed by atoms with Crippen LogP contribution in [0, 0.1) is 22.7 Å². The van der Waals surface area contributed by atoms with Gasteiger partial charge in [-0.05, 0) is 104 Å². The Kier molecular flexibility index (Phi) is 30.7. The summed E-state index contributed by atoms with van der Waals surface area (Å²) in [7, 11) is 1.08. The molecule has 12 atom stereocenters. The molecule has 2 aliphatic heterocycles. The van der Waals surface area contributed by atoms with E-state index >= 15 is 13.6 Å². The average Bonchev–Trinajstić information content (AvgIpc) is 1.46. The van der Waals surface area contributed by atoms with E-state index in [0.717, 1.165) is 88.6 Å². The van der Waals surface area contributed by atoms with Gasteiger partial charge in [-0.3, -0.25) is 85.8 Å². The Balaban J connectivity index is 0.734. The van der Waals surface area contributed by atoms with Crippen molar-refractivity contribution in [2.75, 3.05) is 166 Å². The summed E-state index contributed by atoms with van der Waals surface area (Å²) in [6.07, 6.45) is -2.40. The Hall–Kier alpha value is -10.7. The number of fused-ring (bicyclic) bond motifs is 7. The van der Waals surface area contributed by atoms with Gasteiger partial charge in [-0.15, -0.1) is 11.3 Å². The van der Waals surface area contributed by atoms with Crippen LogP contribution in [0.3, 0.4) is 0 Å². The van der Waals surface area contributed by atoms with E-state index < -0.39 is 273 Å². The highest BCUT2D eigenvalue weighted by molar-refractivity contribution is 7.61. The molecule has 1 saturated heterocycles. The molecule has 2 aromatic carbocycles. The van der Waals surface area contributed by atoms with Gasteiger partial charge in [-0.1, -0.05) is 31.2 Å². The lowest BCUT2D eigenvalue weighted by Crippen LogP contribution is -2.70. The molecule has 45 heteroatoms. The summed E-state index contributed by atoms with van der Waals surface area (Å²) >= 11 is 1.27. The van der Waals surface area contributed by atoms with Gasteiger partial charge >= 0.3 is 21.6 Å². The predicted molar refractivity (Wildman–Crippen MR) is 434 cm³/mol. The van der Waals surface area contributed by atoms with Crippen molar-refractivity contribution in [3.63, 3.8) is 0 Å². The van der Waals surface area contributed by atoms with Crippen LogP contribution in [0.5, 0.6) is 0 Å². The van der Waals surface area contributed by atoms with Crippen LogP contribution in [0.15, 0.2) is 90.6 Å². The van der Waals surface area contributed by atoms with Crippen LogP contribution in [-0.2, 0) is 117 Å². The number of aliphatic hydroxyl groups is 1. The first kappa shape index (κ1) is 97.1. The highest BCUT2D eigenvalue weighted by Gasteiger charge is 2.80. The number of alkyl halides is 2. The molecule has 40 nitrogen and oxygen atoms in total. The van der Waals surface area contributed by atoms with Gasteiger partial charge in [0.05, 0.1) is 88.3 Å². The molecule has 9 rings (SSSR count). The number of likely N-dealkylation sites (N-methyl/N-ethyl adjacent to an activating group) is 10. The van der Waals surface area contributed by atoms with Crippen LogP contribution in [0.1, 0.15) is 77.1 Å². The van der Waals surface area contributed by atoms with E-state index in [0.29, 0.717) is 17.0 Å². The molecule has 3 saturated carbocycles. The number of carbonyl (C=O) groups excluding carboxylic acids is 15. The largest absolute Gasteiger partial charge is 0.481 e. The summed E-state index contributed by atoms with van der Waals surface area (Å²) in [5.41, 5.74) is -1.11. The molecule has 0 radical (unpaired) electrons. The van der Waals surface area contributed by atoms with Crippen molar-refractivity contribution in [2.24, 2.45) is 22.7 Å². The Morgan fingerprint density at radius 3 is 1.60 bits per heavy atom. The third-order valence-corrected chi connectivity index (χ3v) is 26.9. The van der Waals surface area contributed by atoms with Crippen molar-refractivity contribution in [3.8, 4) is 0 Å². The number of nitrogen functional groups attached to an aromatic ring is 1. The van der Waals surface area contributed by atoms with E-state index in [1.165, 1.54) is 113 Å². The highest BCUT2D eigenvalue weighted by atomic mass is 32.1. The quantitative estimate of drug-likeness (QED) is 0.0194. The molecule has 0 bridgehead atoms. The first-order valence-electron chi connectivity index (χ1n) is 38.9. The van der Waals surface area contributed by atoms with Gasteiger partial charge in [-0.2, -0.15) is 4.31 Å². The standard InChI is InChI=1S/C79H101F2N13O27P2S/c1-76-25-24-50(95)31-55(76)56(80)32-54-53-33-60-79(77(53,2)34-58(96)78(54,76)81,120-75(119-60)57-20-19-51(124-57)29-46-14-13-15-48(82)28-46)59(97)45-118-123(115,116)121-122(113,114)117-27-26-83-61(98)21-17-47-16-18-49(94-62(99)22-23-63(94)100)30-52(47)74(112)93(12)43-72(109)91(10)41-70(107)89(8)39-68(105)87(6)37-66(103)85(4)35-64(101)84(3)36-65(102)86(5)38-67(104)88(7)40-69(106)90(9)42-71(108)92(11)44-73(110)111/h13-16,18-20,22-25,28,30-31,53-54,56,58,60,75,96H,17,21,26-27,29,32-45,82H2,1-12H3,(H,83,98)(H,110,111)(H,113,114)(H,115,116)/t53-,54-,56-,58-,60+,75+,76-,77-,78-,79+/m0/s1. The number of hydrogen-bond donors (Lipinski definition) is 6. The van der Waals surface area contributed by atoms with E-state index in [2.05, 4.69) is 9.63 Å². The Bertz CT molecular complexity index is 4960. The minimum absolute atomic E-state index is 0.0723. The van der Waals surface area contributed by atoms with Gasteiger partial charge in [-0.25, -0.2) is 22.8 Å². The number of imide groups is 1. The number of aryl methyl sites for hydroxylation is 1. The van der Waals surface area contributed by atoms with Crippen molar-refractivity contribution in [2.45, 2.75) is 88.3 Å². The van der Waals surface area contributed by atoms with Crippen molar-refractivity contribution < 1.29 is 137 Å². The maximum Gasteiger partial charge on any atom is 0.481 e. The third-order valence-electron chi connectivity index (χ3n) is 23.2. The molecule has 1 aromatic heterocycles. The lowest BCUT2D eigenvalue weighted by Gasteiger charge is -2.63. The van der Waals surface area contributed by atoms with Gasteiger partial charge in [0.25, 0.3) is 17.7 Å². The first-order valence-corrected chi connectivity index (χ1v) is 42.7. The van der Waals surface area contributed by atoms with Gasteiger partial charge in [0, 0.05) is 135 Å². The molecule has 3 heterocycles. The van der Waals surface area contributed by atoms with E-state index in [1.54, 1.807) is 31.2 Å². The van der Waals surface area contributed by atoms with Crippen molar-refractivity contribution in [1.82, 2.24) is 54.3 Å². The number of benzene rings is 2. The Morgan fingerprint density at radius 1 is 0.629 bits per heavy atom. The predicted octanol–water partition coefficient (Wildman–Crippen LogP) is 0.283. The minimum atomic E-state index is -5.81. The number of ketones is 2. The van der Waals surface area contributed by atoms with Gasteiger partial charge in [0.15, 0.2) is 29.1 Å². The molecule has 7 N–H and O–H groups in total. The molecule has 124 heavy (non-hydrogen) atoms. The second-order valence-corrected chi connectivity index (χ2v) is 36.3. The molecule has 3 aromatic rings. The molecule has 4 fully saturated rings. The van der Waals surface area contributed by atoms with E-state index in [4.69, 9.17) is 29.4 Å². The molecule has 0 spiro atoms. The normalized spacial score (nSPS) is 23.7. The van der Waals surface area contributed by atoms with Crippen molar-refractivity contribution in [3.05, 3.63) is 117 Å². The number of ether oxygens (including phenoxy) is 2. The highest BCUT2D eigenvalue weighted by Crippen LogP contribution is 2.73. The zero-order chi connectivity index (χ0) is 92.0. The second kappa shape index (κ2) is 39.2. The number of aliphatic hydroxyl groups excluding tert-OH is 1. The summed E-state index contributed by atoms with van der Waals surface area (Å²) < 4.78 is 89.5. The number of nitrogens with two attached hydrogens (primary N) is 1. The smallest absolute Gasteiger partial charge is 0.480 e. The number of amides is 13. The van der Waals surface area contributed by atoms with Crippen LogP contribution in [0.25, 0.3) is 0 Å². The van der Waals surface area contributed by atoms with Crippen LogP contribution < -0.4 is 16.0 Å². The molecule has 4 aliphatic carbocycles. The fourth-order valence-corrected chi connectivity index (χ4v) is 19.2. The van der Waals surface area contributed by atoms with E-state index in [-0.39, 0.29) is 35.2 Å². The number of phosphoric ester groups is 2. The number of Topliss-reactive ketones (excluding diaryl/α,β-unsaturated/α-hetero) is 1. The summed E-state index contributed by atoms with van der Waals surface area (Å²) in [6, 6.07) is 14.6. The topological polar surface area (TPSA) is 508 Å². The number of hydrogen-bond acceptors (Lipinski definition) is 26. The number of rotatable bonds is 38. The van der Waals surface area contributed by atoms with Gasteiger partial charge in [0.1, 0.15) is 19.3 Å². The molecule has 674 valence electrons. The number of carboxylic acid groups (broad SMARTS) is 1. The molecule has 2 unspecified atom stereocenters. The van der Waals surface area contributed by atoms with Crippen LogP contribution in [0.4, 0.5) is 20.2 Å². The number of carboxylic acids is 1. The number of nitrogens with zero attached hydrogens (tertiary/aromatic N) is 11.